The molecule has 4 nitrogen and oxygen atoms in total. The molecule has 1 aliphatic rings. The first kappa shape index (κ1) is 11.7. The van der Waals surface area contributed by atoms with Crippen LogP contribution in [0.15, 0.2) is 8.68 Å². The van der Waals surface area contributed by atoms with E-state index in [1.165, 1.54) is 0 Å². The van der Waals surface area contributed by atoms with E-state index in [-0.39, 0.29) is 6.04 Å². The molecule has 1 fully saturated rings. The Bertz CT molecular complexity index is 320. The summed E-state index contributed by atoms with van der Waals surface area (Å²) >= 11 is 4.93. The molecule has 2 unspecified atom stereocenters. The van der Waals surface area contributed by atoms with E-state index < -0.39 is 0 Å². The molecular formula is C8H13N3OS3. The lowest BCUT2D eigenvalue weighted by molar-refractivity contribution is 0.0916. The highest BCUT2D eigenvalue weighted by Crippen LogP contribution is 2.32. The highest BCUT2D eigenvalue weighted by atomic mass is 32.2. The van der Waals surface area contributed by atoms with Gasteiger partial charge in [-0.2, -0.15) is 0 Å². The summed E-state index contributed by atoms with van der Waals surface area (Å²) in [6.07, 6.45) is 2.94. The van der Waals surface area contributed by atoms with Gasteiger partial charge in [-0.25, -0.2) is 0 Å². The third kappa shape index (κ3) is 3.07. The minimum atomic E-state index is 0.213. The molecule has 15 heavy (non-hydrogen) atoms. The molecule has 0 radical (unpaired) electrons. The van der Waals surface area contributed by atoms with E-state index in [9.17, 15) is 0 Å². The van der Waals surface area contributed by atoms with Crippen LogP contribution in [0, 0.1) is 0 Å². The molecule has 1 aromatic rings. The SMILES string of the molecule is CSc1nnc(SC2COCCC2N)s1. The monoisotopic (exact) mass is 263 g/mol. The second-order valence-corrected chi connectivity index (χ2v) is 6.74. The van der Waals surface area contributed by atoms with Crippen LogP contribution in [-0.2, 0) is 4.74 Å². The number of hydrogen-bond donors (Lipinski definition) is 1. The van der Waals surface area contributed by atoms with E-state index in [1.807, 2.05) is 6.26 Å². The maximum Gasteiger partial charge on any atom is 0.175 e. The Balaban J connectivity index is 1.95. The molecular weight excluding hydrogens is 250 g/mol. The first-order valence-corrected chi connectivity index (χ1v) is 7.59. The number of thioether (sulfide) groups is 2. The molecule has 0 aliphatic carbocycles. The van der Waals surface area contributed by atoms with Crippen molar-refractivity contribution in [3.05, 3.63) is 0 Å². The average molecular weight is 263 g/mol. The number of nitrogens with zero attached hydrogens (tertiary/aromatic N) is 2. The van der Waals surface area contributed by atoms with Crippen molar-refractivity contribution < 1.29 is 4.74 Å². The van der Waals surface area contributed by atoms with Crippen molar-refractivity contribution in [2.24, 2.45) is 5.73 Å². The zero-order valence-corrected chi connectivity index (χ0v) is 10.8. The van der Waals surface area contributed by atoms with Crippen molar-refractivity contribution in [2.75, 3.05) is 19.5 Å². The van der Waals surface area contributed by atoms with Gasteiger partial charge in [0.2, 0.25) is 0 Å². The predicted molar refractivity (Wildman–Crippen MR) is 64.7 cm³/mol. The molecule has 0 spiro atoms. The van der Waals surface area contributed by atoms with Crippen molar-refractivity contribution in [3.63, 3.8) is 0 Å². The molecule has 1 aromatic heterocycles. The predicted octanol–water partition coefficient (Wildman–Crippen LogP) is 1.47. The van der Waals surface area contributed by atoms with Gasteiger partial charge in [0, 0.05) is 12.6 Å². The number of rotatable bonds is 3. The van der Waals surface area contributed by atoms with Crippen LogP contribution in [0.1, 0.15) is 6.42 Å². The summed E-state index contributed by atoms with van der Waals surface area (Å²) in [4.78, 5) is 0. The second kappa shape index (κ2) is 5.49. The number of hydrogen-bond acceptors (Lipinski definition) is 7. The quantitative estimate of drug-likeness (QED) is 0.833. The van der Waals surface area contributed by atoms with Gasteiger partial charge in [-0.05, 0) is 12.7 Å². The maximum atomic E-state index is 6.02. The molecule has 84 valence electrons. The van der Waals surface area contributed by atoms with Gasteiger partial charge in [-0.15, -0.1) is 10.2 Å². The Morgan fingerprint density at radius 2 is 2.27 bits per heavy atom. The van der Waals surface area contributed by atoms with Crippen LogP contribution in [-0.4, -0.2) is 41.0 Å². The van der Waals surface area contributed by atoms with Crippen LogP contribution in [0.5, 0.6) is 0 Å². The van der Waals surface area contributed by atoms with E-state index in [0.717, 1.165) is 28.3 Å². The Hall–Kier alpha value is 0.180. The molecule has 2 N–H and O–H groups in total. The first-order valence-electron chi connectivity index (χ1n) is 4.67. The second-order valence-electron chi connectivity index (χ2n) is 3.22. The third-order valence-electron chi connectivity index (χ3n) is 2.17. The molecule has 1 aliphatic heterocycles. The molecule has 7 heteroatoms. The lowest BCUT2D eigenvalue weighted by atomic mass is 10.1. The largest absolute Gasteiger partial charge is 0.380 e. The Labute approximate surface area is 101 Å². The third-order valence-corrected chi connectivity index (χ3v) is 5.47. The fourth-order valence-corrected chi connectivity index (χ4v) is 4.09. The van der Waals surface area contributed by atoms with E-state index in [2.05, 4.69) is 10.2 Å². The molecule has 0 amide bonds. The highest BCUT2D eigenvalue weighted by molar-refractivity contribution is 8.03. The van der Waals surface area contributed by atoms with Crippen molar-refractivity contribution >= 4 is 34.9 Å². The lowest BCUT2D eigenvalue weighted by Gasteiger charge is -2.26. The summed E-state index contributed by atoms with van der Waals surface area (Å²) in [7, 11) is 0. The summed E-state index contributed by atoms with van der Waals surface area (Å²) in [5.41, 5.74) is 6.02. The molecule has 0 saturated carbocycles. The van der Waals surface area contributed by atoms with E-state index in [4.69, 9.17) is 10.5 Å². The van der Waals surface area contributed by atoms with Crippen LogP contribution in [0.2, 0.25) is 0 Å². The summed E-state index contributed by atoms with van der Waals surface area (Å²) in [5.74, 6) is 0. The van der Waals surface area contributed by atoms with Gasteiger partial charge >= 0.3 is 0 Å². The molecule has 2 heterocycles. The Morgan fingerprint density at radius 3 is 2.93 bits per heavy atom. The zero-order valence-electron chi connectivity index (χ0n) is 8.38. The topological polar surface area (TPSA) is 61.0 Å². The molecule has 2 rings (SSSR count). The number of nitrogens with two attached hydrogens (primary N) is 1. The smallest absolute Gasteiger partial charge is 0.175 e. The van der Waals surface area contributed by atoms with Gasteiger partial charge in [0.25, 0.3) is 0 Å². The molecule has 0 bridgehead atoms. The van der Waals surface area contributed by atoms with E-state index >= 15 is 0 Å². The van der Waals surface area contributed by atoms with Crippen LogP contribution in [0.4, 0.5) is 0 Å². The Kier molecular flexibility index (Phi) is 4.27. The summed E-state index contributed by atoms with van der Waals surface area (Å²) in [6, 6.07) is 0.213. The molecule has 2 atom stereocenters. The van der Waals surface area contributed by atoms with Crippen molar-refractivity contribution in [1.82, 2.24) is 10.2 Å². The maximum absolute atomic E-state index is 6.02. The van der Waals surface area contributed by atoms with Crippen molar-refractivity contribution in [1.29, 1.82) is 0 Å². The highest BCUT2D eigenvalue weighted by Gasteiger charge is 2.24. The zero-order chi connectivity index (χ0) is 10.7. The molecule has 1 saturated heterocycles. The normalized spacial score (nSPS) is 26.8. The first-order chi connectivity index (χ1) is 7.29. The van der Waals surface area contributed by atoms with E-state index in [0.29, 0.717) is 5.25 Å². The van der Waals surface area contributed by atoms with Gasteiger partial charge in [0.1, 0.15) is 0 Å². The summed E-state index contributed by atoms with van der Waals surface area (Å²) in [6.45, 7) is 1.50. The standard InChI is InChI=1S/C8H13N3OS3/c1-13-7-10-11-8(15-7)14-6-4-12-3-2-5(6)9/h5-6H,2-4,9H2,1H3. The average Bonchev–Trinajstić information content (AvgIpc) is 2.69. The van der Waals surface area contributed by atoms with Crippen LogP contribution in [0.25, 0.3) is 0 Å². The van der Waals surface area contributed by atoms with Crippen molar-refractivity contribution in [2.45, 2.75) is 26.4 Å². The summed E-state index contributed by atoms with van der Waals surface area (Å²) < 4.78 is 7.40. The van der Waals surface area contributed by atoms with Crippen LogP contribution in [0.3, 0.4) is 0 Å². The van der Waals surface area contributed by atoms with E-state index in [1.54, 1.807) is 34.9 Å². The fourth-order valence-electron chi connectivity index (χ4n) is 1.31. The van der Waals surface area contributed by atoms with Crippen LogP contribution < -0.4 is 5.73 Å². The molecule has 0 aromatic carbocycles. The Morgan fingerprint density at radius 1 is 1.47 bits per heavy atom. The number of aromatic nitrogens is 2. The van der Waals surface area contributed by atoms with Crippen molar-refractivity contribution in [3.8, 4) is 0 Å². The van der Waals surface area contributed by atoms with Gasteiger partial charge in [-0.1, -0.05) is 34.9 Å². The fraction of sp³-hybridized carbons (Fsp3) is 0.750. The van der Waals surface area contributed by atoms with Gasteiger partial charge in [-0.3, -0.25) is 0 Å². The van der Waals surface area contributed by atoms with Gasteiger partial charge in [0.05, 0.1) is 11.9 Å². The van der Waals surface area contributed by atoms with Gasteiger partial charge in [0.15, 0.2) is 8.68 Å². The summed E-state index contributed by atoms with van der Waals surface area (Å²) in [5, 5.41) is 8.49. The lowest BCUT2D eigenvalue weighted by Crippen LogP contribution is -2.40. The minimum absolute atomic E-state index is 0.213. The number of ether oxygens (including phenoxy) is 1. The van der Waals surface area contributed by atoms with Gasteiger partial charge < -0.3 is 10.5 Å². The minimum Gasteiger partial charge on any atom is -0.380 e. The van der Waals surface area contributed by atoms with Crippen LogP contribution >= 0.6 is 34.9 Å².